The minimum absolute atomic E-state index is 0.302. The van der Waals surface area contributed by atoms with Gasteiger partial charge < -0.3 is 10.3 Å². The molecule has 0 aliphatic rings. The third-order valence-corrected chi connectivity index (χ3v) is 3.80. The van der Waals surface area contributed by atoms with E-state index in [0.717, 1.165) is 25.1 Å². The molecule has 0 radical (unpaired) electrons. The summed E-state index contributed by atoms with van der Waals surface area (Å²) in [6.07, 6.45) is 0.924. The number of benzene rings is 1. The fourth-order valence-electron chi connectivity index (χ4n) is 1.82. The van der Waals surface area contributed by atoms with Crippen LogP contribution in [0.15, 0.2) is 23.4 Å². The molecule has 0 saturated heterocycles. The largest absolute Gasteiger partial charge is 0.324 e. The molecule has 0 atom stereocenters. The molecule has 108 valence electrons. The van der Waals surface area contributed by atoms with Crippen LogP contribution in [-0.4, -0.2) is 14.8 Å². The van der Waals surface area contributed by atoms with Crippen LogP contribution in [-0.2, 0) is 18.8 Å². The van der Waals surface area contributed by atoms with E-state index in [1.807, 2.05) is 11.5 Å². The monoisotopic (exact) mass is 298 g/mol. The second kappa shape index (κ2) is 6.81. The Morgan fingerprint density at radius 3 is 2.80 bits per heavy atom. The Morgan fingerprint density at radius 2 is 2.10 bits per heavy atom. The van der Waals surface area contributed by atoms with Crippen molar-refractivity contribution in [2.45, 2.75) is 37.3 Å². The zero-order chi connectivity index (χ0) is 14.5. The standard InChI is InChI=1S/C13H16F2N4S/c1-2-5-19-12(7-16)17-18-13(19)20-8-9-6-10(14)3-4-11(9)15/h3-4,6H,2,5,7-8,16H2,1H3. The van der Waals surface area contributed by atoms with Gasteiger partial charge in [-0.15, -0.1) is 10.2 Å². The Labute approximate surface area is 120 Å². The maximum atomic E-state index is 13.5. The molecule has 1 aromatic carbocycles. The molecule has 1 heterocycles. The maximum absolute atomic E-state index is 13.5. The van der Waals surface area contributed by atoms with E-state index in [-0.39, 0.29) is 0 Å². The van der Waals surface area contributed by atoms with Crippen molar-refractivity contribution in [3.05, 3.63) is 41.2 Å². The van der Waals surface area contributed by atoms with Crippen LogP contribution in [0.5, 0.6) is 0 Å². The Balaban J connectivity index is 2.14. The molecule has 0 aliphatic carbocycles. The summed E-state index contributed by atoms with van der Waals surface area (Å²) in [4.78, 5) is 0. The zero-order valence-corrected chi connectivity index (χ0v) is 12.0. The molecule has 4 nitrogen and oxygen atoms in total. The van der Waals surface area contributed by atoms with Crippen LogP contribution in [0.4, 0.5) is 8.78 Å². The molecule has 0 amide bonds. The predicted octanol–water partition coefficient (Wildman–Crippen LogP) is 2.72. The van der Waals surface area contributed by atoms with E-state index in [1.54, 1.807) is 0 Å². The maximum Gasteiger partial charge on any atom is 0.191 e. The fraction of sp³-hybridized carbons (Fsp3) is 0.385. The van der Waals surface area contributed by atoms with Crippen LogP contribution >= 0.6 is 11.8 Å². The molecule has 0 bridgehead atoms. The number of nitrogens with two attached hydrogens (primary N) is 1. The first-order chi connectivity index (χ1) is 9.65. The van der Waals surface area contributed by atoms with Gasteiger partial charge in [0.1, 0.15) is 17.5 Å². The van der Waals surface area contributed by atoms with Crippen LogP contribution in [0.2, 0.25) is 0 Å². The van der Waals surface area contributed by atoms with Crippen molar-refractivity contribution in [3.63, 3.8) is 0 Å². The first kappa shape index (κ1) is 14.9. The first-order valence-electron chi connectivity index (χ1n) is 6.34. The Morgan fingerprint density at radius 1 is 1.30 bits per heavy atom. The quantitative estimate of drug-likeness (QED) is 0.833. The predicted molar refractivity (Wildman–Crippen MR) is 74.1 cm³/mol. The fourth-order valence-corrected chi connectivity index (χ4v) is 2.78. The average molecular weight is 298 g/mol. The lowest BCUT2D eigenvalue weighted by molar-refractivity contribution is 0.588. The molecule has 2 rings (SSSR count). The summed E-state index contributed by atoms with van der Waals surface area (Å²) in [6.45, 7) is 3.11. The van der Waals surface area contributed by atoms with Gasteiger partial charge >= 0.3 is 0 Å². The van der Waals surface area contributed by atoms with Crippen molar-refractivity contribution in [2.75, 3.05) is 0 Å². The summed E-state index contributed by atoms with van der Waals surface area (Å²) in [5.41, 5.74) is 5.92. The Kier molecular flexibility index (Phi) is 5.08. The molecule has 1 aromatic heterocycles. The highest BCUT2D eigenvalue weighted by Gasteiger charge is 2.12. The van der Waals surface area contributed by atoms with Crippen molar-refractivity contribution >= 4 is 11.8 Å². The highest BCUT2D eigenvalue weighted by molar-refractivity contribution is 7.98. The first-order valence-corrected chi connectivity index (χ1v) is 7.33. The van der Waals surface area contributed by atoms with Crippen molar-refractivity contribution in [1.29, 1.82) is 0 Å². The summed E-state index contributed by atoms with van der Waals surface area (Å²) in [7, 11) is 0. The van der Waals surface area contributed by atoms with Gasteiger partial charge in [-0.05, 0) is 24.6 Å². The van der Waals surface area contributed by atoms with E-state index in [0.29, 0.717) is 28.8 Å². The molecule has 0 saturated carbocycles. The summed E-state index contributed by atoms with van der Waals surface area (Å²) in [5.74, 6) is 0.143. The van der Waals surface area contributed by atoms with E-state index in [4.69, 9.17) is 5.73 Å². The SMILES string of the molecule is CCCn1c(CN)nnc1SCc1cc(F)ccc1F. The zero-order valence-electron chi connectivity index (χ0n) is 11.1. The summed E-state index contributed by atoms with van der Waals surface area (Å²) in [6, 6.07) is 3.44. The summed E-state index contributed by atoms with van der Waals surface area (Å²) < 4.78 is 28.6. The van der Waals surface area contributed by atoms with Gasteiger partial charge in [-0.1, -0.05) is 18.7 Å². The molecule has 2 N–H and O–H groups in total. The summed E-state index contributed by atoms with van der Waals surface area (Å²) >= 11 is 1.33. The molecule has 0 unspecified atom stereocenters. The molecule has 2 aromatic rings. The minimum atomic E-state index is -0.445. The molecule has 20 heavy (non-hydrogen) atoms. The second-order valence-electron chi connectivity index (χ2n) is 4.28. The molecule has 0 aliphatic heterocycles. The van der Waals surface area contributed by atoms with Crippen LogP contribution in [0, 0.1) is 11.6 Å². The number of hydrogen-bond acceptors (Lipinski definition) is 4. The number of aromatic nitrogens is 3. The smallest absolute Gasteiger partial charge is 0.191 e. The molecule has 0 spiro atoms. The van der Waals surface area contributed by atoms with Crippen LogP contribution < -0.4 is 5.73 Å². The van der Waals surface area contributed by atoms with E-state index >= 15 is 0 Å². The summed E-state index contributed by atoms with van der Waals surface area (Å²) in [5, 5.41) is 8.73. The molecule has 7 heteroatoms. The number of rotatable bonds is 6. The third-order valence-electron chi connectivity index (χ3n) is 2.79. The van der Waals surface area contributed by atoms with Crippen LogP contribution in [0.25, 0.3) is 0 Å². The number of nitrogens with zero attached hydrogens (tertiary/aromatic N) is 3. The highest BCUT2D eigenvalue weighted by atomic mass is 32.2. The van der Waals surface area contributed by atoms with E-state index in [1.165, 1.54) is 17.8 Å². The van der Waals surface area contributed by atoms with Gasteiger partial charge in [0.15, 0.2) is 5.16 Å². The lowest BCUT2D eigenvalue weighted by Gasteiger charge is -2.08. The number of thioether (sulfide) groups is 1. The van der Waals surface area contributed by atoms with Crippen molar-refractivity contribution in [1.82, 2.24) is 14.8 Å². The van der Waals surface area contributed by atoms with E-state index in [2.05, 4.69) is 10.2 Å². The van der Waals surface area contributed by atoms with Crippen molar-refractivity contribution in [3.8, 4) is 0 Å². The van der Waals surface area contributed by atoms with Gasteiger partial charge in [0.2, 0.25) is 0 Å². The molecule has 0 fully saturated rings. The molecular formula is C13H16F2N4S. The van der Waals surface area contributed by atoms with Gasteiger partial charge in [-0.25, -0.2) is 8.78 Å². The second-order valence-corrected chi connectivity index (χ2v) is 5.22. The van der Waals surface area contributed by atoms with Gasteiger partial charge in [0, 0.05) is 17.9 Å². The minimum Gasteiger partial charge on any atom is -0.324 e. The van der Waals surface area contributed by atoms with Gasteiger partial charge in [-0.2, -0.15) is 0 Å². The van der Waals surface area contributed by atoms with Crippen molar-refractivity contribution in [2.24, 2.45) is 5.73 Å². The third kappa shape index (κ3) is 3.34. The van der Waals surface area contributed by atoms with Crippen molar-refractivity contribution < 1.29 is 8.78 Å². The normalized spacial score (nSPS) is 11.0. The Hall–Kier alpha value is -1.47. The topological polar surface area (TPSA) is 56.7 Å². The lowest BCUT2D eigenvalue weighted by atomic mass is 10.2. The van der Waals surface area contributed by atoms with Gasteiger partial charge in [-0.3, -0.25) is 0 Å². The lowest BCUT2D eigenvalue weighted by Crippen LogP contribution is -2.09. The molecular weight excluding hydrogens is 282 g/mol. The highest BCUT2D eigenvalue weighted by Crippen LogP contribution is 2.24. The Bertz CT molecular complexity index is 586. The van der Waals surface area contributed by atoms with Crippen LogP contribution in [0.1, 0.15) is 24.7 Å². The van der Waals surface area contributed by atoms with E-state index in [9.17, 15) is 8.78 Å². The van der Waals surface area contributed by atoms with Crippen LogP contribution in [0.3, 0.4) is 0 Å². The number of halogens is 2. The number of hydrogen-bond donors (Lipinski definition) is 1. The van der Waals surface area contributed by atoms with Gasteiger partial charge in [0.25, 0.3) is 0 Å². The van der Waals surface area contributed by atoms with Gasteiger partial charge in [0.05, 0.1) is 6.54 Å². The van der Waals surface area contributed by atoms with E-state index < -0.39 is 11.6 Å². The average Bonchev–Trinajstić information content (AvgIpc) is 2.82.